The first-order chi connectivity index (χ1) is 9.84. The summed E-state index contributed by atoms with van der Waals surface area (Å²) in [7, 11) is -1.93. The smallest absolute Gasteiger partial charge is 0.242 e. The number of pyridine rings is 1. The first-order valence-electron chi connectivity index (χ1n) is 6.72. The maximum Gasteiger partial charge on any atom is 0.242 e. The number of sulfonamides is 1. The van der Waals surface area contributed by atoms with Gasteiger partial charge in [0.05, 0.1) is 5.02 Å². The SMILES string of the molecule is CCC(CC)(CNS(=O)(=O)c1cnc(NC)c(Cl)c1)SC. The third-order valence-corrected chi connectivity index (χ3v) is 6.91. The average molecular weight is 352 g/mol. The van der Waals surface area contributed by atoms with Crippen molar-refractivity contribution in [1.82, 2.24) is 9.71 Å². The summed E-state index contributed by atoms with van der Waals surface area (Å²) < 4.78 is 27.3. The highest BCUT2D eigenvalue weighted by molar-refractivity contribution is 8.00. The Kier molecular flexibility index (Phi) is 6.77. The van der Waals surface area contributed by atoms with E-state index >= 15 is 0 Å². The van der Waals surface area contributed by atoms with E-state index in [4.69, 9.17) is 11.6 Å². The Morgan fingerprint density at radius 1 is 1.38 bits per heavy atom. The number of hydrogen-bond acceptors (Lipinski definition) is 5. The van der Waals surface area contributed by atoms with Crippen LogP contribution in [0.4, 0.5) is 5.82 Å². The molecule has 0 spiro atoms. The fraction of sp³-hybridized carbons (Fsp3) is 0.615. The Hall–Kier alpha value is -0.500. The molecule has 0 aliphatic carbocycles. The highest BCUT2D eigenvalue weighted by Crippen LogP contribution is 2.30. The van der Waals surface area contributed by atoms with Crippen LogP contribution < -0.4 is 10.0 Å². The van der Waals surface area contributed by atoms with Gasteiger partial charge in [-0.2, -0.15) is 11.8 Å². The van der Waals surface area contributed by atoms with Crippen LogP contribution in [0.2, 0.25) is 5.02 Å². The van der Waals surface area contributed by atoms with Crippen molar-refractivity contribution in [3.63, 3.8) is 0 Å². The Bertz CT molecular complexity index is 567. The van der Waals surface area contributed by atoms with Crippen molar-refractivity contribution in [3.05, 3.63) is 17.3 Å². The van der Waals surface area contributed by atoms with Gasteiger partial charge in [-0.1, -0.05) is 25.4 Å². The minimum Gasteiger partial charge on any atom is -0.372 e. The fourth-order valence-corrected chi connectivity index (χ4v) is 4.23. The van der Waals surface area contributed by atoms with E-state index in [1.807, 2.05) is 6.26 Å². The molecule has 5 nitrogen and oxygen atoms in total. The molecule has 0 radical (unpaired) electrons. The highest BCUT2D eigenvalue weighted by atomic mass is 35.5. The quantitative estimate of drug-likeness (QED) is 0.753. The van der Waals surface area contributed by atoms with E-state index in [9.17, 15) is 8.42 Å². The Morgan fingerprint density at radius 3 is 2.43 bits per heavy atom. The minimum absolute atomic E-state index is 0.0775. The van der Waals surface area contributed by atoms with Crippen LogP contribution in [0.25, 0.3) is 0 Å². The normalized spacial score (nSPS) is 12.4. The zero-order valence-electron chi connectivity index (χ0n) is 12.7. The van der Waals surface area contributed by atoms with Gasteiger partial charge in [0.15, 0.2) is 0 Å². The largest absolute Gasteiger partial charge is 0.372 e. The zero-order valence-corrected chi connectivity index (χ0v) is 15.1. The van der Waals surface area contributed by atoms with Crippen molar-refractivity contribution in [2.45, 2.75) is 36.3 Å². The van der Waals surface area contributed by atoms with Crippen LogP contribution in [0.5, 0.6) is 0 Å². The van der Waals surface area contributed by atoms with Crippen molar-refractivity contribution in [2.75, 3.05) is 25.2 Å². The summed E-state index contributed by atoms with van der Waals surface area (Å²) >= 11 is 7.67. The van der Waals surface area contributed by atoms with E-state index in [-0.39, 0.29) is 14.7 Å². The van der Waals surface area contributed by atoms with Gasteiger partial charge in [0.1, 0.15) is 10.7 Å². The predicted octanol–water partition coefficient (Wildman–Crippen LogP) is 2.98. The van der Waals surface area contributed by atoms with Gasteiger partial charge in [0, 0.05) is 24.5 Å². The lowest BCUT2D eigenvalue weighted by atomic mass is 10.0. The van der Waals surface area contributed by atoms with Crippen molar-refractivity contribution in [2.24, 2.45) is 0 Å². The molecule has 120 valence electrons. The highest BCUT2D eigenvalue weighted by Gasteiger charge is 2.27. The van der Waals surface area contributed by atoms with E-state index in [1.54, 1.807) is 18.8 Å². The zero-order chi connectivity index (χ0) is 16.1. The molecule has 0 saturated carbocycles. The third-order valence-electron chi connectivity index (χ3n) is 3.67. The first kappa shape index (κ1) is 18.5. The molecule has 0 unspecified atom stereocenters. The summed E-state index contributed by atoms with van der Waals surface area (Å²) in [5.74, 6) is 0.455. The Labute approximate surface area is 136 Å². The molecular weight excluding hydrogens is 330 g/mol. The summed E-state index contributed by atoms with van der Waals surface area (Å²) in [6, 6.07) is 1.40. The summed E-state index contributed by atoms with van der Waals surface area (Å²) in [6.07, 6.45) is 5.09. The number of halogens is 1. The van der Waals surface area contributed by atoms with Gasteiger partial charge in [0.25, 0.3) is 0 Å². The molecular formula is C13H22ClN3O2S2. The van der Waals surface area contributed by atoms with E-state index in [1.165, 1.54) is 12.3 Å². The second-order valence-corrected chi connectivity index (χ2v) is 8.12. The van der Waals surface area contributed by atoms with Crippen molar-refractivity contribution >= 4 is 39.2 Å². The molecule has 0 atom stereocenters. The third kappa shape index (κ3) is 4.48. The van der Waals surface area contributed by atoms with Gasteiger partial charge < -0.3 is 5.32 Å². The van der Waals surface area contributed by atoms with Crippen molar-refractivity contribution in [1.29, 1.82) is 0 Å². The summed E-state index contributed by atoms with van der Waals surface area (Å²) in [6.45, 7) is 4.51. The fourth-order valence-electron chi connectivity index (χ4n) is 1.92. The molecule has 0 aromatic carbocycles. The van der Waals surface area contributed by atoms with E-state index in [0.717, 1.165) is 12.8 Å². The van der Waals surface area contributed by atoms with Gasteiger partial charge in [-0.15, -0.1) is 0 Å². The van der Waals surface area contributed by atoms with Crippen LogP contribution in [0.3, 0.4) is 0 Å². The van der Waals surface area contributed by atoms with Crippen molar-refractivity contribution < 1.29 is 8.42 Å². The lowest BCUT2D eigenvalue weighted by molar-refractivity contribution is 0.522. The van der Waals surface area contributed by atoms with Crippen LogP contribution >= 0.6 is 23.4 Å². The average Bonchev–Trinajstić information content (AvgIpc) is 2.49. The molecule has 8 heteroatoms. The number of nitrogens with one attached hydrogen (secondary N) is 2. The van der Waals surface area contributed by atoms with Crippen LogP contribution in [-0.4, -0.2) is 38.0 Å². The minimum atomic E-state index is -3.61. The molecule has 1 aromatic rings. The number of aromatic nitrogens is 1. The van der Waals surface area contributed by atoms with Gasteiger partial charge in [-0.05, 0) is 25.2 Å². The summed E-state index contributed by atoms with van der Waals surface area (Å²) in [5, 5.41) is 3.08. The van der Waals surface area contributed by atoms with E-state index < -0.39 is 10.0 Å². The van der Waals surface area contributed by atoms with Gasteiger partial charge in [0.2, 0.25) is 10.0 Å². The van der Waals surface area contributed by atoms with Gasteiger partial charge in [-0.25, -0.2) is 18.1 Å². The Balaban J connectivity index is 2.94. The summed E-state index contributed by atoms with van der Waals surface area (Å²) in [5.41, 5.74) is 0. The van der Waals surface area contributed by atoms with E-state index in [2.05, 4.69) is 28.9 Å². The molecule has 0 aliphatic heterocycles. The topological polar surface area (TPSA) is 71.1 Å². The second kappa shape index (κ2) is 7.67. The molecule has 0 saturated heterocycles. The number of anilines is 1. The molecule has 0 amide bonds. The molecule has 1 heterocycles. The van der Waals surface area contributed by atoms with Gasteiger partial charge in [-0.3, -0.25) is 0 Å². The molecule has 21 heavy (non-hydrogen) atoms. The number of thioether (sulfide) groups is 1. The number of nitrogens with zero attached hydrogens (tertiary/aromatic N) is 1. The van der Waals surface area contributed by atoms with Crippen molar-refractivity contribution in [3.8, 4) is 0 Å². The van der Waals surface area contributed by atoms with Crippen LogP contribution in [-0.2, 0) is 10.0 Å². The number of rotatable bonds is 8. The van der Waals surface area contributed by atoms with E-state index in [0.29, 0.717) is 12.4 Å². The lowest BCUT2D eigenvalue weighted by Gasteiger charge is -2.29. The summed E-state index contributed by atoms with van der Waals surface area (Å²) in [4.78, 5) is 4.08. The first-order valence-corrected chi connectivity index (χ1v) is 9.81. The second-order valence-electron chi connectivity index (χ2n) is 4.67. The predicted molar refractivity (Wildman–Crippen MR) is 90.8 cm³/mol. The maximum absolute atomic E-state index is 12.3. The molecule has 1 rings (SSSR count). The molecule has 0 bridgehead atoms. The Morgan fingerprint density at radius 2 is 2.00 bits per heavy atom. The monoisotopic (exact) mass is 351 g/mol. The standard InChI is InChI=1S/C13H22ClN3O2S2/c1-5-13(6-2,20-4)9-17-21(18,19)10-7-11(14)12(15-3)16-8-10/h7-8,17H,5-6,9H2,1-4H3,(H,15,16). The van der Waals surface area contributed by atoms with Crippen LogP contribution in [0.15, 0.2) is 17.2 Å². The van der Waals surface area contributed by atoms with Gasteiger partial charge >= 0.3 is 0 Å². The molecule has 0 fully saturated rings. The molecule has 1 aromatic heterocycles. The van der Waals surface area contributed by atoms with Crippen LogP contribution in [0, 0.1) is 0 Å². The molecule has 2 N–H and O–H groups in total. The molecule has 0 aliphatic rings. The number of hydrogen-bond donors (Lipinski definition) is 2. The maximum atomic E-state index is 12.3. The van der Waals surface area contributed by atoms with Crippen LogP contribution in [0.1, 0.15) is 26.7 Å². The lowest BCUT2D eigenvalue weighted by Crippen LogP contribution is -2.39.